The number of benzene rings is 1. The monoisotopic (exact) mass is 292 g/mol. The molecule has 1 saturated carbocycles. The summed E-state index contributed by atoms with van der Waals surface area (Å²) in [6.45, 7) is 6.69. The molecule has 1 aliphatic rings. The number of amides is 1. The molecular weight excluding hydrogens is 267 g/mol. The molecule has 0 unspecified atom stereocenters. The smallest absolute Gasteiger partial charge is 0.243 e. The first-order chi connectivity index (χ1) is 9.73. The third kappa shape index (κ3) is 3.55. The molecule has 1 amide bonds. The number of halogens is 1. The first kappa shape index (κ1) is 15.8. The van der Waals surface area contributed by atoms with Crippen LogP contribution in [0.1, 0.15) is 46.5 Å². The van der Waals surface area contributed by atoms with Crippen molar-refractivity contribution in [3.8, 4) is 0 Å². The van der Waals surface area contributed by atoms with Gasteiger partial charge in [0.25, 0.3) is 0 Å². The summed E-state index contributed by atoms with van der Waals surface area (Å²) in [6, 6.07) is 6.19. The lowest BCUT2D eigenvalue weighted by Gasteiger charge is -2.43. The van der Waals surface area contributed by atoms with E-state index in [-0.39, 0.29) is 17.1 Å². The SMILES string of the molecule is CC(C)(C)C1CCC(Nc2cccc(F)c2)(C(N)=O)CC1. The maximum absolute atomic E-state index is 13.3. The minimum Gasteiger partial charge on any atom is -0.371 e. The van der Waals surface area contributed by atoms with Gasteiger partial charge in [-0.3, -0.25) is 4.79 Å². The summed E-state index contributed by atoms with van der Waals surface area (Å²) in [5.41, 5.74) is 5.75. The summed E-state index contributed by atoms with van der Waals surface area (Å²) in [6.07, 6.45) is 3.30. The maximum atomic E-state index is 13.3. The van der Waals surface area contributed by atoms with Crippen molar-refractivity contribution in [3.05, 3.63) is 30.1 Å². The molecule has 1 aliphatic carbocycles. The van der Waals surface area contributed by atoms with E-state index in [9.17, 15) is 9.18 Å². The minimum atomic E-state index is -0.754. The molecule has 0 atom stereocenters. The Labute approximate surface area is 126 Å². The minimum absolute atomic E-state index is 0.239. The molecule has 0 spiro atoms. The van der Waals surface area contributed by atoms with Gasteiger partial charge in [-0.1, -0.05) is 26.8 Å². The van der Waals surface area contributed by atoms with E-state index < -0.39 is 5.54 Å². The van der Waals surface area contributed by atoms with Crippen LogP contribution in [0, 0.1) is 17.2 Å². The van der Waals surface area contributed by atoms with E-state index in [4.69, 9.17) is 5.73 Å². The second-order valence-electron chi connectivity index (χ2n) is 7.22. The molecule has 3 N–H and O–H groups in total. The zero-order valence-electron chi connectivity index (χ0n) is 13.1. The molecule has 1 aromatic rings. The van der Waals surface area contributed by atoms with Gasteiger partial charge in [-0.05, 0) is 55.2 Å². The first-order valence-corrected chi connectivity index (χ1v) is 7.57. The van der Waals surface area contributed by atoms with E-state index >= 15 is 0 Å². The van der Waals surface area contributed by atoms with Crippen LogP contribution in [0.5, 0.6) is 0 Å². The Bertz CT molecular complexity index is 514. The van der Waals surface area contributed by atoms with Gasteiger partial charge in [0.1, 0.15) is 11.4 Å². The lowest BCUT2D eigenvalue weighted by atomic mass is 9.67. The molecule has 0 aromatic heterocycles. The molecule has 0 heterocycles. The van der Waals surface area contributed by atoms with E-state index in [1.54, 1.807) is 12.1 Å². The van der Waals surface area contributed by atoms with E-state index in [0.717, 1.165) is 12.8 Å². The van der Waals surface area contributed by atoms with E-state index in [1.807, 2.05) is 0 Å². The lowest BCUT2D eigenvalue weighted by Crippen LogP contribution is -2.53. The Morgan fingerprint density at radius 3 is 2.43 bits per heavy atom. The summed E-state index contributed by atoms with van der Waals surface area (Å²) in [5.74, 6) is -0.0820. The van der Waals surface area contributed by atoms with Crippen molar-refractivity contribution in [1.82, 2.24) is 0 Å². The van der Waals surface area contributed by atoms with Crippen molar-refractivity contribution in [2.45, 2.75) is 52.0 Å². The fourth-order valence-corrected chi connectivity index (χ4v) is 3.25. The molecule has 1 fully saturated rings. The third-order valence-electron chi connectivity index (χ3n) is 4.74. The van der Waals surface area contributed by atoms with Gasteiger partial charge in [0.2, 0.25) is 5.91 Å². The van der Waals surface area contributed by atoms with Crippen LogP contribution in [0.15, 0.2) is 24.3 Å². The number of anilines is 1. The summed E-state index contributed by atoms with van der Waals surface area (Å²) in [4.78, 5) is 12.0. The standard InChI is InChI=1S/C17H25FN2O/c1-16(2,3)12-7-9-17(10-8-12,15(19)21)20-14-6-4-5-13(18)11-14/h4-6,11-12,20H,7-10H2,1-3H3,(H2,19,21). The normalized spacial score (nSPS) is 26.4. The first-order valence-electron chi connectivity index (χ1n) is 7.57. The average molecular weight is 292 g/mol. The van der Waals surface area contributed by atoms with Crippen molar-refractivity contribution in [2.75, 3.05) is 5.32 Å². The lowest BCUT2D eigenvalue weighted by molar-refractivity contribution is -0.123. The van der Waals surface area contributed by atoms with Gasteiger partial charge in [-0.2, -0.15) is 0 Å². The van der Waals surface area contributed by atoms with Crippen molar-refractivity contribution in [3.63, 3.8) is 0 Å². The van der Waals surface area contributed by atoms with Gasteiger partial charge in [0, 0.05) is 5.69 Å². The van der Waals surface area contributed by atoms with Crippen LogP contribution < -0.4 is 11.1 Å². The van der Waals surface area contributed by atoms with Crippen LogP contribution in [0.25, 0.3) is 0 Å². The summed E-state index contributed by atoms with van der Waals surface area (Å²) >= 11 is 0. The van der Waals surface area contributed by atoms with E-state index in [2.05, 4.69) is 26.1 Å². The number of carbonyl (C=O) groups excluding carboxylic acids is 1. The fraction of sp³-hybridized carbons (Fsp3) is 0.588. The summed E-state index contributed by atoms with van der Waals surface area (Å²) < 4.78 is 13.3. The number of hydrogen-bond acceptors (Lipinski definition) is 2. The number of nitrogens with one attached hydrogen (secondary N) is 1. The van der Waals surface area contributed by atoms with Gasteiger partial charge >= 0.3 is 0 Å². The molecule has 2 rings (SSSR count). The van der Waals surface area contributed by atoms with Crippen molar-refractivity contribution in [1.29, 1.82) is 0 Å². The quantitative estimate of drug-likeness (QED) is 0.892. The van der Waals surface area contributed by atoms with Crippen molar-refractivity contribution in [2.24, 2.45) is 17.1 Å². The van der Waals surface area contributed by atoms with Crippen molar-refractivity contribution >= 4 is 11.6 Å². The molecule has 21 heavy (non-hydrogen) atoms. The fourth-order valence-electron chi connectivity index (χ4n) is 3.25. The van der Waals surface area contributed by atoms with E-state index in [0.29, 0.717) is 24.4 Å². The molecule has 1 aromatic carbocycles. The van der Waals surface area contributed by atoms with Gasteiger partial charge in [0.15, 0.2) is 0 Å². The molecule has 116 valence electrons. The number of primary amides is 1. The molecule has 0 saturated heterocycles. The Balaban J connectivity index is 2.15. The second-order valence-corrected chi connectivity index (χ2v) is 7.22. The largest absolute Gasteiger partial charge is 0.371 e. The maximum Gasteiger partial charge on any atom is 0.243 e. The molecule has 0 bridgehead atoms. The number of rotatable bonds is 3. The van der Waals surface area contributed by atoms with Gasteiger partial charge < -0.3 is 11.1 Å². The highest BCUT2D eigenvalue weighted by Gasteiger charge is 2.42. The Morgan fingerprint density at radius 1 is 1.33 bits per heavy atom. The van der Waals surface area contributed by atoms with Gasteiger partial charge in [-0.15, -0.1) is 0 Å². The summed E-state index contributed by atoms with van der Waals surface area (Å²) in [7, 11) is 0. The highest BCUT2D eigenvalue weighted by atomic mass is 19.1. The molecule has 0 aliphatic heterocycles. The number of nitrogens with two attached hydrogens (primary N) is 1. The zero-order valence-corrected chi connectivity index (χ0v) is 13.1. The van der Waals surface area contributed by atoms with Crippen LogP contribution >= 0.6 is 0 Å². The molecular formula is C17H25FN2O. The Hall–Kier alpha value is -1.58. The predicted molar refractivity (Wildman–Crippen MR) is 83.4 cm³/mol. The van der Waals surface area contributed by atoms with Crippen molar-refractivity contribution < 1.29 is 9.18 Å². The third-order valence-corrected chi connectivity index (χ3v) is 4.74. The van der Waals surface area contributed by atoms with Crippen LogP contribution in [-0.4, -0.2) is 11.4 Å². The van der Waals surface area contributed by atoms with Gasteiger partial charge in [0.05, 0.1) is 0 Å². The van der Waals surface area contributed by atoms with Crippen LogP contribution in [-0.2, 0) is 4.79 Å². The molecule has 4 heteroatoms. The molecule has 3 nitrogen and oxygen atoms in total. The molecule has 0 radical (unpaired) electrons. The highest BCUT2D eigenvalue weighted by Crippen LogP contribution is 2.42. The number of carbonyl (C=O) groups is 1. The van der Waals surface area contributed by atoms with Crippen LogP contribution in [0.3, 0.4) is 0 Å². The zero-order chi connectivity index (χ0) is 15.7. The topological polar surface area (TPSA) is 55.1 Å². The van der Waals surface area contributed by atoms with Crippen LogP contribution in [0.4, 0.5) is 10.1 Å². The predicted octanol–water partition coefficient (Wildman–Crippen LogP) is 3.70. The second kappa shape index (κ2) is 5.66. The van der Waals surface area contributed by atoms with Crippen LogP contribution in [0.2, 0.25) is 0 Å². The summed E-state index contributed by atoms with van der Waals surface area (Å²) in [5, 5.41) is 3.19. The Morgan fingerprint density at radius 2 is 1.95 bits per heavy atom. The van der Waals surface area contributed by atoms with Gasteiger partial charge in [-0.25, -0.2) is 4.39 Å². The highest BCUT2D eigenvalue weighted by molar-refractivity contribution is 5.88. The average Bonchev–Trinajstić information content (AvgIpc) is 2.38. The number of hydrogen-bond donors (Lipinski definition) is 2. The Kier molecular flexibility index (Phi) is 4.26. The van der Waals surface area contributed by atoms with E-state index in [1.165, 1.54) is 12.1 Å².